The lowest BCUT2D eigenvalue weighted by Crippen LogP contribution is -2.31. The van der Waals surface area contributed by atoms with Crippen LogP contribution < -0.4 is 4.72 Å². The van der Waals surface area contributed by atoms with Crippen molar-refractivity contribution in [2.45, 2.75) is 44.6 Å². The van der Waals surface area contributed by atoms with Crippen molar-refractivity contribution in [2.24, 2.45) is 5.92 Å². The van der Waals surface area contributed by atoms with Crippen molar-refractivity contribution in [3.05, 3.63) is 53.2 Å². The Labute approximate surface area is 153 Å². The maximum atomic E-state index is 13.1. The summed E-state index contributed by atoms with van der Waals surface area (Å²) in [6.07, 6.45) is 9.28. The highest BCUT2D eigenvalue weighted by atomic mass is 32.2. The molecule has 0 heterocycles. The zero-order valence-electron chi connectivity index (χ0n) is 14.5. The molecule has 2 atom stereocenters. The van der Waals surface area contributed by atoms with E-state index < -0.39 is 21.8 Å². The van der Waals surface area contributed by atoms with Gasteiger partial charge in [-0.15, -0.1) is 0 Å². The van der Waals surface area contributed by atoms with Crippen LogP contribution >= 0.6 is 0 Å². The summed E-state index contributed by atoms with van der Waals surface area (Å²) in [7, 11) is -3.58. The molecule has 1 fully saturated rings. The SMILES string of the molecule is O=C(O)CCC/C=C/C1CCC(NS(=O)(=O)/C=C/c2cccc(F)c2)C1. The highest BCUT2D eigenvalue weighted by Gasteiger charge is 2.25. The van der Waals surface area contributed by atoms with E-state index >= 15 is 0 Å². The summed E-state index contributed by atoms with van der Waals surface area (Å²) in [5.41, 5.74) is 0.490. The van der Waals surface area contributed by atoms with E-state index in [0.29, 0.717) is 17.9 Å². The van der Waals surface area contributed by atoms with Crippen molar-refractivity contribution in [2.75, 3.05) is 0 Å². The minimum Gasteiger partial charge on any atom is -0.481 e. The van der Waals surface area contributed by atoms with Crippen molar-refractivity contribution in [1.82, 2.24) is 4.72 Å². The van der Waals surface area contributed by atoms with Gasteiger partial charge in [0.25, 0.3) is 0 Å². The fraction of sp³-hybridized carbons (Fsp3) is 0.421. The average Bonchev–Trinajstić information content (AvgIpc) is 2.99. The lowest BCUT2D eigenvalue weighted by atomic mass is 10.1. The standard InChI is InChI=1S/C19H24FNO4S/c20-17-7-4-6-16(13-17)11-12-26(24,25)21-18-10-9-15(14-18)5-2-1-3-8-19(22)23/h2,4-7,11-13,15,18,21H,1,3,8-10,14H2,(H,22,23)/b5-2+,12-11+. The van der Waals surface area contributed by atoms with Gasteiger partial charge in [0.2, 0.25) is 10.0 Å². The van der Waals surface area contributed by atoms with E-state index in [4.69, 9.17) is 5.11 Å². The third-order valence-electron chi connectivity index (χ3n) is 4.26. The summed E-state index contributed by atoms with van der Waals surface area (Å²) in [5.74, 6) is -0.897. The van der Waals surface area contributed by atoms with Crippen LogP contribution in [0.15, 0.2) is 41.8 Å². The summed E-state index contributed by atoms with van der Waals surface area (Å²) in [5, 5.41) is 9.65. The summed E-state index contributed by atoms with van der Waals surface area (Å²) in [4.78, 5) is 10.4. The molecule has 0 aromatic heterocycles. The van der Waals surface area contributed by atoms with Gasteiger partial charge in [-0.3, -0.25) is 4.79 Å². The molecule has 0 aliphatic heterocycles. The molecular formula is C19H24FNO4S. The van der Waals surface area contributed by atoms with Gasteiger partial charge in [-0.1, -0.05) is 24.3 Å². The molecule has 0 amide bonds. The molecular weight excluding hydrogens is 357 g/mol. The predicted molar refractivity (Wildman–Crippen MR) is 99.2 cm³/mol. The van der Waals surface area contributed by atoms with Gasteiger partial charge in [0.15, 0.2) is 0 Å². The van der Waals surface area contributed by atoms with Crippen LogP contribution in [-0.4, -0.2) is 25.5 Å². The molecule has 5 nitrogen and oxygen atoms in total. The molecule has 142 valence electrons. The number of hydrogen-bond donors (Lipinski definition) is 2. The predicted octanol–water partition coefficient (Wildman–Crippen LogP) is 3.70. The topological polar surface area (TPSA) is 83.5 Å². The second-order valence-electron chi connectivity index (χ2n) is 6.50. The molecule has 7 heteroatoms. The van der Waals surface area contributed by atoms with Crippen LogP contribution in [0.5, 0.6) is 0 Å². The Morgan fingerprint density at radius 2 is 2.15 bits per heavy atom. The first-order chi connectivity index (χ1) is 12.3. The lowest BCUT2D eigenvalue weighted by Gasteiger charge is -2.10. The zero-order valence-corrected chi connectivity index (χ0v) is 15.3. The lowest BCUT2D eigenvalue weighted by molar-refractivity contribution is -0.137. The number of halogens is 1. The summed E-state index contributed by atoms with van der Waals surface area (Å²) >= 11 is 0. The van der Waals surface area contributed by atoms with Crippen molar-refractivity contribution < 1.29 is 22.7 Å². The fourth-order valence-electron chi connectivity index (χ4n) is 3.01. The number of carbonyl (C=O) groups is 1. The first-order valence-corrected chi connectivity index (χ1v) is 10.2. The van der Waals surface area contributed by atoms with Gasteiger partial charge in [-0.25, -0.2) is 17.5 Å². The molecule has 0 bridgehead atoms. The Balaban J connectivity index is 1.79. The van der Waals surface area contributed by atoms with Crippen molar-refractivity contribution in [1.29, 1.82) is 0 Å². The molecule has 2 N–H and O–H groups in total. The molecule has 0 saturated heterocycles. The molecule has 1 aromatic carbocycles. The number of allylic oxidation sites excluding steroid dienone is 2. The van der Waals surface area contributed by atoms with Gasteiger partial charge in [0.1, 0.15) is 5.82 Å². The Hall–Kier alpha value is -1.99. The molecule has 0 radical (unpaired) electrons. The van der Waals surface area contributed by atoms with E-state index in [1.165, 1.54) is 24.3 Å². The molecule has 1 aliphatic rings. The minimum absolute atomic E-state index is 0.120. The van der Waals surface area contributed by atoms with E-state index in [9.17, 15) is 17.6 Å². The number of sulfonamides is 1. The first-order valence-electron chi connectivity index (χ1n) is 8.68. The monoisotopic (exact) mass is 381 g/mol. The van der Waals surface area contributed by atoms with E-state index in [0.717, 1.165) is 31.1 Å². The molecule has 26 heavy (non-hydrogen) atoms. The van der Waals surface area contributed by atoms with E-state index in [1.807, 2.05) is 6.08 Å². The second-order valence-corrected chi connectivity index (χ2v) is 8.10. The van der Waals surface area contributed by atoms with Gasteiger partial charge in [-0.2, -0.15) is 0 Å². The number of hydrogen-bond acceptors (Lipinski definition) is 3. The number of nitrogens with one attached hydrogen (secondary N) is 1. The normalized spacial score (nSPS) is 21.0. The van der Waals surface area contributed by atoms with Crippen LogP contribution in [0.4, 0.5) is 4.39 Å². The number of aliphatic carboxylic acids is 1. The van der Waals surface area contributed by atoms with Crippen molar-refractivity contribution in [3.8, 4) is 0 Å². The molecule has 0 spiro atoms. The third-order valence-corrected chi connectivity index (χ3v) is 5.42. The first kappa shape index (κ1) is 20.3. The highest BCUT2D eigenvalue weighted by Crippen LogP contribution is 2.27. The Kier molecular flexibility index (Phi) is 7.53. The fourth-order valence-corrected chi connectivity index (χ4v) is 4.10. The summed E-state index contributed by atoms with van der Waals surface area (Å²) in [6.45, 7) is 0. The zero-order chi connectivity index (χ0) is 19.0. The summed E-state index contributed by atoms with van der Waals surface area (Å²) < 4.78 is 40.1. The maximum Gasteiger partial charge on any atom is 0.303 e. The quantitative estimate of drug-likeness (QED) is 0.505. The van der Waals surface area contributed by atoms with Crippen LogP contribution in [0.25, 0.3) is 6.08 Å². The summed E-state index contributed by atoms with van der Waals surface area (Å²) in [6, 6.07) is 5.62. The Morgan fingerprint density at radius 3 is 2.88 bits per heavy atom. The van der Waals surface area contributed by atoms with E-state index in [1.54, 1.807) is 6.07 Å². The number of carboxylic acid groups (broad SMARTS) is 1. The Morgan fingerprint density at radius 1 is 1.35 bits per heavy atom. The van der Waals surface area contributed by atoms with Crippen molar-refractivity contribution in [3.63, 3.8) is 0 Å². The van der Waals surface area contributed by atoms with Crippen LogP contribution in [0.1, 0.15) is 44.1 Å². The second kappa shape index (κ2) is 9.64. The van der Waals surface area contributed by atoms with Gasteiger partial charge >= 0.3 is 5.97 Å². The average molecular weight is 381 g/mol. The number of benzene rings is 1. The largest absolute Gasteiger partial charge is 0.481 e. The highest BCUT2D eigenvalue weighted by molar-refractivity contribution is 7.92. The van der Waals surface area contributed by atoms with Crippen LogP contribution in [0.3, 0.4) is 0 Å². The number of carboxylic acids is 1. The smallest absolute Gasteiger partial charge is 0.303 e. The van der Waals surface area contributed by atoms with Gasteiger partial charge in [0.05, 0.1) is 0 Å². The third kappa shape index (κ3) is 7.49. The van der Waals surface area contributed by atoms with E-state index in [-0.39, 0.29) is 12.5 Å². The van der Waals surface area contributed by atoms with Crippen LogP contribution in [-0.2, 0) is 14.8 Å². The number of rotatable bonds is 9. The maximum absolute atomic E-state index is 13.1. The van der Waals surface area contributed by atoms with Crippen LogP contribution in [0, 0.1) is 11.7 Å². The van der Waals surface area contributed by atoms with Gasteiger partial charge in [0, 0.05) is 17.9 Å². The van der Waals surface area contributed by atoms with E-state index in [2.05, 4.69) is 10.8 Å². The molecule has 1 aromatic rings. The Bertz CT molecular complexity index is 773. The number of unbranched alkanes of at least 4 members (excludes halogenated alkanes) is 1. The molecule has 1 aliphatic carbocycles. The van der Waals surface area contributed by atoms with Crippen molar-refractivity contribution >= 4 is 22.1 Å². The molecule has 2 rings (SSSR count). The van der Waals surface area contributed by atoms with Crippen LogP contribution in [0.2, 0.25) is 0 Å². The molecule has 2 unspecified atom stereocenters. The minimum atomic E-state index is -3.58. The van der Waals surface area contributed by atoms with Gasteiger partial charge < -0.3 is 5.11 Å². The van der Waals surface area contributed by atoms with Gasteiger partial charge in [-0.05, 0) is 61.8 Å². The molecule has 1 saturated carbocycles.